The molecule has 0 saturated heterocycles. The van der Waals surface area contributed by atoms with Crippen LogP contribution in [0, 0.1) is 0 Å². The maximum absolute atomic E-state index is 5.59. The summed E-state index contributed by atoms with van der Waals surface area (Å²) in [4.78, 5) is 0. The van der Waals surface area contributed by atoms with Crippen LogP contribution in [0.15, 0.2) is 42.5 Å². The van der Waals surface area contributed by atoms with Gasteiger partial charge in [-0.3, -0.25) is 0 Å². The van der Waals surface area contributed by atoms with E-state index in [1.54, 1.807) is 14.2 Å². The Morgan fingerprint density at radius 2 is 1.27 bits per heavy atom. The molecule has 0 aliphatic carbocycles. The van der Waals surface area contributed by atoms with Gasteiger partial charge in [-0.15, -0.1) is 0 Å². The minimum atomic E-state index is 0.158. The molecule has 140 valence electrons. The van der Waals surface area contributed by atoms with E-state index in [-0.39, 0.29) is 19.0 Å². The number of methoxy groups -OCH3 is 2. The van der Waals surface area contributed by atoms with E-state index in [0.29, 0.717) is 11.5 Å². The summed E-state index contributed by atoms with van der Waals surface area (Å²) in [6.45, 7) is 6.97. The second-order valence-electron chi connectivity index (χ2n) is 7.01. The van der Waals surface area contributed by atoms with E-state index in [0.717, 1.165) is 11.1 Å². The predicted molar refractivity (Wildman–Crippen MR) is 106 cm³/mol. The van der Waals surface area contributed by atoms with Crippen LogP contribution >= 0.6 is 0 Å². The predicted octanol–water partition coefficient (Wildman–Crippen LogP) is 5.12. The lowest BCUT2D eigenvalue weighted by Gasteiger charge is -2.18. The van der Waals surface area contributed by atoms with E-state index >= 15 is 0 Å². The average Bonchev–Trinajstić information content (AvgIpc) is 2.63. The molecule has 0 heterocycles. The largest absolute Gasteiger partial charge is 0.464 e. The lowest BCUT2D eigenvalue weighted by atomic mass is 9.87. The van der Waals surface area contributed by atoms with Crippen molar-refractivity contribution in [3.8, 4) is 11.5 Å². The van der Waals surface area contributed by atoms with Gasteiger partial charge in [-0.25, -0.2) is 0 Å². The van der Waals surface area contributed by atoms with Gasteiger partial charge in [0.15, 0.2) is 25.1 Å². The maximum Gasteiger partial charge on any atom is 0.188 e. The molecule has 2 aromatic carbocycles. The molecule has 0 spiro atoms. The van der Waals surface area contributed by atoms with Crippen LogP contribution in [0.25, 0.3) is 12.2 Å². The summed E-state index contributed by atoms with van der Waals surface area (Å²) in [6, 6.07) is 14.4. The summed E-state index contributed by atoms with van der Waals surface area (Å²) in [7, 11) is 3.17. The van der Waals surface area contributed by atoms with Gasteiger partial charge in [0.1, 0.15) is 0 Å². The fourth-order valence-electron chi connectivity index (χ4n) is 2.39. The molecule has 2 rings (SSSR count). The summed E-state index contributed by atoms with van der Waals surface area (Å²) >= 11 is 0. The molecule has 0 saturated carbocycles. The van der Waals surface area contributed by atoms with Gasteiger partial charge < -0.3 is 18.9 Å². The Bertz CT molecular complexity index is 712. The molecule has 2 aromatic rings. The highest BCUT2D eigenvalue weighted by atomic mass is 16.7. The summed E-state index contributed by atoms with van der Waals surface area (Å²) < 4.78 is 21.0. The van der Waals surface area contributed by atoms with Gasteiger partial charge >= 0.3 is 0 Å². The third-order valence-electron chi connectivity index (χ3n) is 3.88. The van der Waals surface area contributed by atoms with Crippen molar-refractivity contribution < 1.29 is 18.9 Å². The van der Waals surface area contributed by atoms with E-state index in [9.17, 15) is 0 Å². The first-order valence-corrected chi connectivity index (χ1v) is 8.60. The quantitative estimate of drug-likeness (QED) is 0.486. The third kappa shape index (κ3) is 5.90. The van der Waals surface area contributed by atoms with Crippen LogP contribution in [0.1, 0.15) is 37.5 Å². The van der Waals surface area contributed by atoms with Gasteiger partial charge in [0.2, 0.25) is 0 Å². The lowest BCUT2D eigenvalue weighted by molar-refractivity contribution is 0.0322. The van der Waals surface area contributed by atoms with Crippen molar-refractivity contribution in [1.29, 1.82) is 0 Å². The van der Waals surface area contributed by atoms with Crippen molar-refractivity contribution in [2.75, 3.05) is 27.8 Å². The van der Waals surface area contributed by atoms with Crippen LogP contribution in [-0.4, -0.2) is 27.8 Å². The number of hydrogen-bond donors (Lipinski definition) is 0. The van der Waals surface area contributed by atoms with E-state index in [1.165, 1.54) is 5.56 Å². The summed E-state index contributed by atoms with van der Waals surface area (Å²) in [5.41, 5.74) is 3.65. The molecule has 0 N–H and O–H groups in total. The highest BCUT2D eigenvalue weighted by Crippen LogP contribution is 2.29. The Labute approximate surface area is 156 Å². The van der Waals surface area contributed by atoms with Crippen LogP contribution in [0.5, 0.6) is 11.5 Å². The molecule has 26 heavy (non-hydrogen) atoms. The van der Waals surface area contributed by atoms with Crippen LogP contribution in [0.3, 0.4) is 0 Å². The number of hydrogen-bond acceptors (Lipinski definition) is 4. The second kappa shape index (κ2) is 9.41. The number of benzene rings is 2. The maximum atomic E-state index is 5.59. The second-order valence-corrected chi connectivity index (χ2v) is 7.01. The Morgan fingerprint density at radius 1 is 0.731 bits per heavy atom. The van der Waals surface area contributed by atoms with Crippen molar-refractivity contribution in [3.05, 3.63) is 59.2 Å². The van der Waals surface area contributed by atoms with Crippen molar-refractivity contribution >= 4 is 12.2 Å². The zero-order chi connectivity index (χ0) is 19.0. The van der Waals surface area contributed by atoms with Crippen LogP contribution in [0.4, 0.5) is 0 Å². The minimum Gasteiger partial charge on any atom is -0.464 e. The van der Waals surface area contributed by atoms with Gasteiger partial charge in [-0.2, -0.15) is 0 Å². The normalized spacial score (nSPS) is 11.7. The molecule has 0 aromatic heterocycles. The van der Waals surface area contributed by atoms with Crippen LogP contribution < -0.4 is 9.47 Å². The minimum absolute atomic E-state index is 0.158. The van der Waals surface area contributed by atoms with Crippen molar-refractivity contribution in [2.24, 2.45) is 0 Å². The molecule has 0 fully saturated rings. The van der Waals surface area contributed by atoms with Gasteiger partial charge in [0.25, 0.3) is 0 Å². The molecule has 0 radical (unpaired) electrons. The Kier molecular flexibility index (Phi) is 7.25. The van der Waals surface area contributed by atoms with Gasteiger partial charge in [0, 0.05) is 14.2 Å². The molecule has 0 unspecified atom stereocenters. The highest BCUT2D eigenvalue weighted by molar-refractivity contribution is 5.71. The van der Waals surface area contributed by atoms with Crippen molar-refractivity contribution in [1.82, 2.24) is 0 Å². The molecular formula is C22H28O4. The smallest absolute Gasteiger partial charge is 0.188 e. The zero-order valence-electron chi connectivity index (χ0n) is 16.2. The number of rotatable bonds is 8. The molecule has 0 amide bonds. The first-order valence-electron chi connectivity index (χ1n) is 8.60. The van der Waals surface area contributed by atoms with Crippen molar-refractivity contribution in [3.63, 3.8) is 0 Å². The fraction of sp³-hybridized carbons (Fsp3) is 0.364. The Morgan fingerprint density at radius 3 is 1.85 bits per heavy atom. The third-order valence-corrected chi connectivity index (χ3v) is 3.88. The summed E-state index contributed by atoms with van der Waals surface area (Å²) in [6.07, 6.45) is 4.13. The molecule has 0 bridgehead atoms. The van der Waals surface area contributed by atoms with E-state index in [2.05, 4.69) is 51.1 Å². The fourth-order valence-corrected chi connectivity index (χ4v) is 2.39. The zero-order valence-corrected chi connectivity index (χ0v) is 16.2. The molecular weight excluding hydrogens is 328 g/mol. The van der Waals surface area contributed by atoms with Crippen molar-refractivity contribution in [2.45, 2.75) is 26.2 Å². The van der Waals surface area contributed by atoms with E-state index < -0.39 is 0 Å². The first-order chi connectivity index (χ1) is 12.4. The summed E-state index contributed by atoms with van der Waals surface area (Å²) in [5.74, 6) is 1.24. The molecule has 0 aliphatic rings. The number of ether oxygens (including phenoxy) is 4. The van der Waals surface area contributed by atoms with Crippen LogP contribution in [-0.2, 0) is 14.9 Å². The SMILES string of the molecule is COCOc1ccc(/C=C/c2ccc(C(C)(C)C)cc2)cc1OCOC. The average molecular weight is 356 g/mol. The van der Waals surface area contributed by atoms with Gasteiger partial charge in [-0.1, -0.05) is 63.3 Å². The van der Waals surface area contributed by atoms with E-state index in [1.807, 2.05) is 24.3 Å². The highest BCUT2D eigenvalue weighted by Gasteiger charge is 2.12. The van der Waals surface area contributed by atoms with E-state index in [4.69, 9.17) is 18.9 Å². The van der Waals surface area contributed by atoms with Gasteiger partial charge in [-0.05, 0) is 34.2 Å². The Balaban J connectivity index is 2.15. The van der Waals surface area contributed by atoms with Gasteiger partial charge in [0.05, 0.1) is 0 Å². The van der Waals surface area contributed by atoms with Crippen LogP contribution in [0.2, 0.25) is 0 Å². The monoisotopic (exact) mass is 356 g/mol. The molecule has 0 atom stereocenters. The summed E-state index contributed by atoms with van der Waals surface area (Å²) in [5, 5.41) is 0. The first kappa shape index (κ1) is 20.0. The standard InChI is InChI=1S/C22H28O4/c1-22(2,3)19-11-8-17(9-12-19)6-7-18-10-13-20(25-15-23-4)21(14-18)26-16-24-5/h6-14H,15-16H2,1-5H3/b7-6+. The molecule has 0 aliphatic heterocycles. The lowest BCUT2D eigenvalue weighted by Crippen LogP contribution is -2.10. The molecule has 4 nitrogen and oxygen atoms in total. The Hall–Kier alpha value is -2.30. The molecule has 4 heteroatoms. The topological polar surface area (TPSA) is 36.9 Å².